The first kappa shape index (κ1) is 16.0. The molecule has 1 aromatic carbocycles. The number of carboxylic acid groups (broad SMARTS) is 1. The van der Waals surface area contributed by atoms with E-state index in [1.165, 1.54) is 0 Å². The molecule has 5 nitrogen and oxygen atoms in total. The van der Waals surface area contributed by atoms with Gasteiger partial charge in [0.25, 0.3) is 0 Å². The van der Waals surface area contributed by atoms with Crippen LogP contribution in [-0.4, -0.2) is 38.6 Å². The summed E-state index contributed by atoms with van der Waals surface area (Å²) in [5.74, 6) is -0.208. The van der Waals surface area contributed by atoms with Crippen LogP contribution < -0.4 is 0 Å². The Morgan fingerprint density at radius 3 is 2.48 bits per heavy atom. The molecule has 1 aliphatic heterocycles. The summed E-state index contributed by atoms with van der Waals surface area (Å²) in [6.07, 6.45) is 3.17. The monoisotopic (exact) mass is 333 g/mol. The van der Waals surface area contributed by atoms with Crippen molar-refractivity contribution in [1.82, 2.24) is 14.5 Å². The molecule has 2 heterocycles. The van der Waals surface area contributed by atoms with Crippen molar-refractivity contribution in [3.8, 4) is 11.4 Å². The van der Waals surface area contributed by atoms with Gasteiger partial charge in [-0.25, -0.2) is 4.98 Å². The molecule has 1 unspecified atom stereocenters. The van der Waals surface area contributed by atoms with Gasteiger partial charge >= 0.3 is 5.97 Å². The van der Waals surface area contributed by atoms with Crippen molar-refractivity contribution >= 4 is 17.6 Å². The number of piperidine rings is 1. The summed E-state index contributed by atoms with van der Waals surface area (Å²) in [6.45, 7) is 1.54. The number of hydrogen-bond donors (Lipinski definition) is 1. The fourth-order valence-electron chi connectivity index (χ4n) is 3.14. The van der Waals surface area contributed by atoms with Gasteiger partial charge in [0.15, 0.2) is 6.04 Å². The fraction of sp³-hybridized carbons (Fsp3) is 0.412. The Morgan fingerprint density at radius 2 is 1.87 bits per heavy atom. The van der Waals surface area contributed by atoms with Crippen LogP contribution >= 0.6 is 11.6 Å². The van der Waals surface area contributed by atoms with Crippen LogP contribution in [0.5, 0.6) is 0 Å². The standard InChI is InChI=1S/C17H20ClN3O2/c1-20-15(18)13(19-16(20)12-8-4-2-5-9-12)14(17(22)23)21-10-6-3-7-11-21/h2,4-5,8-9,14H,3,6-7,10-11H2,1H3,(H,22,23). The molecule has 1 saturated heterocycles. The lowest BCUT2D eigenvalue weighted by Gasteiger charge is -2.31. The molecule has 122 valence electrons. The molecular formula is C17H20ClN3O2. The van der Waals surface area contributed by atoms with E-state index < -0.39 is 12.0 Å². The molecule has 1 atom stereocenters. The highest BCUT2D eigenvalue weighted by Gasteiger charge is 2.33. The van der Waals surface area contributed by atoms with E-state index in [4.69, 9.17) is 11.6 Å². The summed E-state index contributed by atoms with van der Waals surface area (Å²) in [4.78, 5) is 18.4. The largest absolute Gasteiger partial charge is 0.480 e. The molecule has 3 rings (SSSR count). The van der Waals surface area contributed by atoms with E-state index in [1.807, 2.05) is 42.3 Å². The Balaban J connectivity index is 2.02. The average Bonchev–Trinajstić information content (AvgIpc) is 2.85. The van der Waals surface area contributed by atoms with Gasteiger partial charge in [-0.3, -0.25) is 9.69 Å². The predicted molar refractivity (Wildman–Crippen MR) is 89.5 cm³/mol. The van der Waals surface area contributed by atoms with Gasteiger partial charge in [0.2, 0.25) is 0 Å². The minimum atomic E-state index is -0.897. The number of nitrogens with zero attached hydrogens (tertiary/aromatic N) is 3. The number of benzene rings is 1. The van der Waals surface area contributed by atoms with E-state index >= 15 is 0 Å². The molecule has 0 aliphatic carbocycles. The molecule has 23 heavy (non-hydrogen) atoms. The van der Waals surface area contributed by atoms with Gasteiger partial charge in [-0.2, -0.15) is 0 Å². The molecule has 0 saturated carbocycles. The average molecular weight is 334 g/mol. The van der Waals surface area contributed by atoms with E-state index in [1.54, 1.807) is 4.57 Å². The van der Waals surface area contributed by atoms with Gasteiger partial charge in [-0.05, 0) is 25.9 Å². The third-order valence-corrected chi connectivity index (χ3v) is 4.78. The van der Waals surface area contributed by atoms with Crippen LogP contribution in [0.15, 0.2) is 30.3 Å². The summed E-state index contributed by atoms with van der Waals surface area (Å²) in [7, 11) is 1.82. The molecule has 2 aromatic rings. The zero-order chi connectivity index (χ0) is 16.4. The Hall–Kier alpha value is -1.85. The second-order valence-electron chi connectivity index (χ2n) is 5.87. The molecule has 0 bridgehead atoms. The number of hydrogen-bond acceptors (Lipinski definition) is 3. The third-order valence-electron chi connectivity index (χ3n) is 4.33. The van der Waals surface area contributed by atoms with Crippen molar-refractivity contribution in [2.75, 3.05) is 13.1 Å². The van der Waals surface area contributed by atoms with Gasteiger partial charge in [-0.1, -0.05) is 48.4 Å². The lowest BCUT2D eigenvalue weighted by molar-refractivity contribution is -0.144. The summed E-state index contributed by atoms with van der Waals surface area (Å²) >= 11 is 6.43. The van der Waals surface area contributed by atoms with Crippen molar-refractivity contribution in [2.24, 2.45) is 7.05 Å². The normalized spacial score (nSPS) is 17.1. The molecular weight excluding hydrogens is 314 g/mol. The molecule has 1 aromatic heterocycles. The number of carboxylic acids is 1. The number of halogens is 1. The van der Waals surface area contributed by atoms with Crippen molar-refractivity contribution in [1.29, 1.82) is 0 Å². The highest BCUT2D eigenvalue weighted by atomic mass is 35.5. The number of likely N-dealkylation sites (tertiary alicyclic amines) is 1. The Kier molecular flexibility index (Phi) is 4.68. The molecule has 1 N–H and O–H groups in total. The highest BCUT2D eigenvalue weighted by Crippen LogP contribution is 2.32. The summed E-state index contributed by atoms with van der Waals surface area (Å²) < 4.78 is 1.76. The summed E-state index contributed by atoms with van der Waals surface area (Å²) in [6, 6.07) is 8.89. The molecule has 6 heteroatoms. The Bertz CT molecular complexity index is 693. The molecule has 0 spiro atoms. The number of aromatic nitrogens is 2. The second-order valence-corrected chi connectivity index (χ2v) is 6.23. The lowest BCUT2D eigenvalue weighted by atomic mass is 10.1. The Morgan fingerprint density at radius 1 is 1.22 bits per heavy atom. The highest BCUT2D eigenvalue weighted by molar-refractivity contribution is 6.30. The lowest BCUT2D eigenvalue weighted by Crippen LogP contribution is -2.38. The number of carbonyl (C=O) groups is 1. The topological polar surface area (TPSA) is 58.4 Å². The van der Waals surface area contributed by atoms with Gasteiger partial charge < -0.3 is 9.67 Å². The fourth-order valence-corrected chi connectivity index (χ4v) is 3.37. The van der Waals surface area contributed by atoms with E-state index in [0.717, 1.165) is 37.9 Å². The third kappa shape index (κ3) is 3.12. The van der Waals surface area contributed by atoms with Crippen LogP contribution in [0.2, 0.25) is 5.15 Å². The number of imidazole rings is 1. The van der Waals surface area contributed by atoms with Crippen LogP contribution in [0.1, 0.15) is 31.0 Å². The van der Waals surface area contributed by atoms with Crippen LogP contribution in [-0.2, 0) is 11.8 Å². The molecule has 0 radical (unpaired) electrons. The molecule has 1 aliphatic rings. The van der Waals surface area contributed by atoms with Crippen LogP contribution in [0.3, 0.4) is 0 Å². The minimum Gasteiger partial charge on any atom is -0.480 e. The molecule has 1 fully saturated rings. The van der Waals surface area contributed by atoms with Gasteiger partial charge in [0.1, 0.15) is 16.7 Å². The van der Waals surface area contributed by atoms with Crippen LogP contribution in [0, 0.1) is 0 Å². The minimum absolute atomic E-state index is 0.391. The first-order valence-corrected chi connectivity index (χ1v) is 8.22. The maximum Gasteiger partial charge on any atom is 0.327 e. The Labute approximate surface area is 140 Å². The number of rotatable bonds is 4. The zero-order valence-corrected chi connectivity index (χ0v) is 13.8. The number of aliphatic carboxylic acids is 1. The van der Waals surface area contributed by atoms with Crippen molar-refractivity contribution in [3.05, 3.63) is 41.2 Å². The van der Waals surface area contributed by atoms with Crippen molar-refractivity contribution < 1.29 is 9.90 Å². The maximum absolute atomic E-state index is 11.9. The summed E-state index contributed by atoms with van der Waals surface area (Å²) in [5.41, 5.74) is 1.35. The quantitative estimate of drug-likeness (QED) is 0.932. The van der Waals surface area contributed by atoms with Crippen LogP contribution in [0.4, 0.5) is 0 Å². The van der Waals surface area contributed by atoms with E-state index in [2.05, 4.69) is 4.98 Å². The van der Waals surface area contributed by atoms with Crippen molar-refractivity contribution in [2.45, 2.75) is 25.3 Å². The predicted octanol–water partition coefficient (Wildman–Crippen LogP) is 3.35. The van der Waals surface area contributed by atoms with E-state index in [-0.39, 0.29) is 0 Å². The smallest absolute Gasteiger partial charge is 0.327 e. The maximum atomic E-state index is 11.9. The van der Waals surface area contributed by atoms with E-state index in [0.29, 0.717) is 16.7 Å². The van der Waals surface area contributed by atoms with Crippen molar-refractivity contribution in [3.63, 3.8) is 0 Å². The van der Waals surface area contributed by atoms with Gasteiger partial charge in [0.05, 0.1) is 0 Å². The van der Waals surface area contributed by atoms with Gasteiger partial charge in [0, 0.05) is 12.6 Å². The first-order valence-electron chi connectivity index (χ1n) is 7.84. The second kappa shape index (κ2) is 6.72. The SMILES string of the molecule is Cn1c(-c2ccccc2)nc(C(C(=O)O)N2CCCCC2)c1Cl. The van der Waals surface area contributed by atoms with E-state index in [9.17, 15) is 9.90 Å². The van der Waals surface area contributed by atoms with Gasteiger partial charge in [-0.15, -0.1) is 0 Å². The van der Waals surface area contributed by atoms with Crippen LogP contribution in [0.25, 0.3) is 11.4 Å². The zero-order valence-electron chi connectivity index (χ0n) is 13.1. The first-order chi connectivity index (χ1) is 11.1. The summed E-state index contributed by atoms with van der Waals surface area (Å²) in [5, 5.41) is 10.1. The molecule has 0 amide bonds.